The van der Waals surface area contributed by atoms with Crippen LogP contribution in [0.1, 0.15) is 6.42 Å². The quantitative estimate of drug-likeness (QED) is 0.483. The maximum atomic E-state index is 10.8. The van der Waals surface area contributed by atoms with Crippen molar-refractivity contribution in [3.05, 3.63) is 46.5 Å². The van der Waals surface area contributed by atoms with Crippen molar-refractivity contribution < 1.29 is 14.8 Å². The minimum atomic E-state index is -0.834. The van der Waals surface area contributed by atoms with Crippen molar-refractivity contribution in [3.63, 3.8) is 0 Å². The second-order valence-corrected chi connectivity index (χ2v) is 4.12. The van der Waals surface area contributed by atoms with Crippen LogP contribution in [0.25, 0.3) is 0 Å². The normalized spacial score (nSPS) is 21.8. The number of carboxylic acid groups (broad SMARTS) is 1. The molecule has 1 aliphatic rings. The lowest BCUT2D eigenvalue weighted by Gasteiger charge is -2.13. The third-order valence-electron chi connectivity index (χ3n) is 2.83. The van der Waals surface area contributed by atoms with Crippen molar-refractivity contribution in [2.45, 2.75) is 12.5 Å². The summed E-state index contributed by atoms with van der Waals surface area (Å²) in [4.78, 5) is 20.8. The average Bonchev–Trinajstić information content (AvgIpc) is 2.78. The zero-order valence-corrected chi connectivity index (χ0v) is 9.45. The molecule has 0 fully saturated rings. The van der Waals surface area contributed by atoms with Crippen LogP contribution in [0.5, 0.6) is 0 Å². The van der Waals surface area contributed by atoms with E-state index in [-0.39, 0.29) is 11.7 Å². The summed E-state index contributed by atoms with van der Waals surface area (Å²) < 4.78 is 0. The molecule has 0 saturated carbocycles. The largest absolute Gasteiger partial charge is 0.481 e. The molecule has 0 spiro atoms. The lowest BCUT2D eigenvalue weighted by molar-refractivity contribution is -0.384. The number of carboxylic acids is 1. The van der Waals surface area contributed by atoms with Gasteiger partial charge in [-0.2, -0.15) is 0 Å². The van der Waals surface area contributed by atoms with Crippen molar-refractivity contribution in [3.8, 4) is 0 Å². The SMILES string of the molecule is O=C(O)C1C=CC(Nc2ccc([N+](=O)[O-])cc2)C1. The van der Waals surface area contributed by atoms with Crippen LogP contribution in [0.15, 0.2) is 36.4 Å². The molecule has 1 aromatic carbocycles. The monoisotopic (exact) mass is 248 g/mol. The summed E-state index contributed by atoms with van der Waals surface area (Å²) in [5.41, 5.74) is 0.771. The fourth-order valence-electron chi connectivity index (χ4n) is 1.88. The van der Waals surface area contributed by atoms with Crippen LogP contribution in [-0.4, -0.2) is 22.0 Å². The Labute approximate surface area is 103 Å². The number of aliphatic carboxylic acids is 1. The lowest BCUT2D eigenvalue weighted by atomic mass is 10.1. The fourth-order valence-corrected chi connectivity index (χ4v) is 1.88. The highest BCUT2D eigenvalue weighted by atomic mass is 16.6. The van der Waals surface area contributed by atoms with E-state index in [2.05, 4.69) is 5.32 Å². The van der Waals surface area contributed by atoms with Crippen LogP contribution in [0.3, 0.4) is 0 Å². The number of nitrogens with one attached hydrogen (secondary N) is 1. The van der Waals surface area contributed by atoms with Crippen molar-refractivity contribution in [2.75, 3.05) is 5.32 Å². The molecule has 2 N–H and O–H groups in total. The number of anilines is 1. The van der Waals surface area contributed by atoms with Crippen LogP contribution in [0.2, 0.25) is 0 Å². The Bertz CT molecular complexity index is 495. The summed E-state index contributed by atoms with van der Waals surface area (Å²) >= 11 is 0. The third-order valence-corrected chi connectivity index (χ3v) is 2.83. The van der Waals surface area contributed by atoms with E-state index in [1.54, 1.807) is 24.3 Å². The molecule has 0 aromatic heterocycles. The topological polar surface area (TPSA) is 92.5 Å². The Kier molecular flexibility index (Phi) is 3.27. The molecular formula is C12H12N2O4. The first-order valence-corrected chi connectivity index (χ1v) is 5.48. The van der Waals surface area contributed by atoms with Crippen LogP contribution in [-0.2, 0) is 4.79 Å². The van der Waals surface area contributed by atoms with Gasteiger partial charge in [0.25, 0.3) is 5.69 Å². The molecule has 1 aromatic rings. The molecule has 18 heavy (non-hydrogen) atoms. The van der Waals surface area contributed by atoms with Gasteiger partial charge in [0.1, 0.15) is 0 Å². The Morgan fingerprint density at radius 2 is 2.00 bits per heavy atom. The Morgan fingerprint density at radius 1 is 1.33 bits per heavy atom. The Balaban J connectivity index is 1.97. The number of hydrogen-bond donors (Lipinski definition) is 2. The van der Waals surface area contributed by atoms with E-state index in [1.165, 1.54) is 12.1 Å². The van der Waals surface area contributed by atoms with Crippen molar-refractivity contribution in [2.24, 2.45) is 5.92 Å². The lowest BCUT2D eigenvalue weighted by Crippen LogP contribution is -2.18. The van der Waals surface area contributed by atoms with E-state index < -0.39 is 16.8 Å². The molecule has 0 amide bonds. The summed E-state index contributed by atoms with van der Waals surface area (Å²) in [6.07, 6.45) is 3.96. The van der Waals surface area contributed by atoms with Crippen LogP contribution in [0.4, 0.5) is 11.4 Å². The second kappa shape index (κ2) is 4.87. The first kappa shape index (κ1) is 12.1. The van der Waals surface area contributed by atoms with Gasteiger partial charge in [-0.25, -0.2) is 0 Å². The molecule has 2 rings (SSSR count). The molecule has 0 radical (unpaired) electrons. The number of nitro groups is 1. The number of nitrogens with zero attached hydrogens (tertiary/aromatic N) is 1. The zero-order valence-electron chi connectivity index (χ0n) is 9.45. The highest BCUT2D eigenvalue weighted by molar-refractivity contribution is 5.73. The summed E-state index contributed by atoms with van der Waals surface area (Å²) in [6, 6.07) is 6.00. The first-order chi connectivity index (χ1) is 8.56. The molecule has 0 aliphatic heterocycles. The zero-order chi connectivity index (χ0) is 13.1. The number of carbonyl (C=O) groups is 1. The fraction of sp³-hybridized carbons (Fsp3) is 0.250. The molecule has 6 heteroatoms. The van der Waals surface area contributed by atoms with Gasteiger partial charge in [-0.05, 0) is 18.6 Å². The molecule has 94 valence electrons. The van der Waals surface area contributed by atoms with E-state index in [0.29, 0.717) is 6.42 Å². The van der Waals surface area contributed by atoms with Gasteiger partial charge in [-0.15, -0.1) is 0 Å². The molecule has 0 saturated heterocycles. The van der Waals surface area contributed by atoms with E-state index in [4.69, 9.17) is 5.11 Å². The van der Waals surface area contributed by atoms with E-state index in [0.717, 1.165) is 5.69 Å². The predicted molar refractivity (Wildman–Crippen MR) is 65.4 cm³/mol. The highest BCUT2D eigenvalue weighted by Crippen LogP contribution is 2.23. The van der Waals surface area contributed by atoms with Crippen LogP contribution >= 0.6 is 0 Å². The minimum absolute atomic E-state index is 0.0333. The Hall–Kier alpha value is -2.37. The maximum absolute atomic E-state index is 10.8. The summed E-state index contributed by atoms with van der Waals surface area (Å²) in [6.45, 7) is 0. The van der Waals surface area contributed by atoms with Gasteiger partial charge >= 0.3 is 5.97 Å². The summed E-state index contributed by atoms with van der Waals surface area (Å²) in [7, 11) is 0. The van der Waals surface area contributed by atoms with Crippen molar-refractivity contribution >= 4 is 17.3 Å². The average molecular weight is 248 g/mol. The first-order valence-electron chi connectivity index (χ1n) is 5.48. The maximum Gasteiger partial charge on any atom is 0.310 e. The van der Waals surface area contributed by atoms with Crippen LogP contribution < -0.4 is 5.32 Å². The molecular weight excluding hydrogens is 236 g/mol. The number of benzene rings is 1. The number of rotatable bonds is 4. The minimum Gasteiger partial charge on any atom is -0.481 e. The van der Waals surface area contributed by atoms with Crippen LogP contribution in [0, 0.1) is 16.0 Å². The standard InChI is InChI=1S/C12H12N2O4/c15-12(16)8-1-2-10(7-8)13-9-3-5-11(6-4-9)14(17)18/h1-6,8,10,13H,7H2,(H,15,16). The van der Waals surface area contributed by atoms with Gasteiger partial charge < -0.3 is 10.4 Å². The van der Waals surface area contributed by atoms with Gasteiger partial charge in [-0.3, -0.25) is 14.9 Å². The number of nitro benzene ring substituents is 1. The molecule has 0 heterocycles. The highest BCUT2D eigenvalue weighted by Gasteiger charge is 2.24. The van der Waals surface area contributed by atoms with Crippen molar-refractivity contribution in [1.29, 1.82) is 0 Å². The molecule has 0 bridgehead atoms. The van der Waals surface area contributed by atoms with Crippen molar-refractivity contribution in [1.82, 2.24) is 0 Å². The Morgan fingerprint density at radius 3 is 2.50 bits per heavy atom. The van der Waals surface area contributed by atoms with Gasteiger partial charge in [0, 0.05) is 23.9 Å². The summed E-state index contributed by atoms with van der Waals surface area (Å²) in [5.74, 6) is -1.29. The van der Waals surface area contributed by atoms with Gasteiger partial charge in [0.2, 0.25) is 0 Å². The molecule has 6 nitrogen and oxygen atoms in total. The smallest absolute Gasteiger partial charge is 0.310 e. The van der Waals surface area contributed by atoms with Gasteiger partial charge in [-0.1, -0.05) is 12.2 Å². The molecule has 2 atom stereocenters. The van der Waals surface area contributed by atoms with E-state index in [1.807, 2.05) is 0 Å². The summed E-state index contributed by atoms with van der Waals surface area (Å²) in [5, 5.41) is 22.4. The van der Waals surface area contributed by atoms with Gasteiger partial charge in [0.15, 0.2) is 0 Å². The second-order valence-electron chi connectivity index (χ2n) is 4.12. The van der Waals surface area contributed by atoms with E-state index in [9.17, 15) is 14.9 Å². The number of non-ortho nitro benzene ring substituents is 1. The number of hydrogen-bond acceptors (Lipinski definition) is 4. The predicted octanol–water partition coefficient (Wildman–Crippen LogP) is 2.04. The molecule has 1 aliphatic carbocycles. The van der Waals surface area contributed by atoms with Gasteiger partial charge in [0.05, 0.1) is 10.8 Å². The molecule has 2 unspecified atom stereocenters. The van der Waals surface area contributed by atoms with E-state index >= 15 is 0 Å². The third kappa shape index (κ3) is 2.65.